The van der Waals surface area contributed by atoms with Crippen LogP contribution in [0.2, 0.25) is 0 Å². The number of rotatable bonds is 2. The van der Waals surface area contributed by atoms with Crippen molar-refractivity contribution >= 4 is 16.0 Å². The molecule has 18 heavy (non-hydrogen) atoms. The number of hydrogen-bond donors (Lipinski definition) is 0. The predicted molar refractivity (Wildman–Crippen MR) is 83.6 cm³/mol. The van der Waals surface area contributed by atoms with E-state index in [-0.39, 0.29) is 26.2 Å². The van der Waals surface area contributed by atoms with Crippen LogP contribution in [-0.2, 0) is 26.2 Å². The van der Waals surface area contributed by atoms with Crippen molar-refractivity contribution in [3.63, 3.8) is 0 Å². The van der Waals surface area contributed by atoms with E-state index in [0.29, 0.717) is 0 Å². The predicted octanol–water partition coefficient (Wildman–Crippen LogP) is 3.75. The van der Waals surface area contributed by atoms with E-state index in [1.54, 1.807) is 0 Å². The van der Waals surface area contributed by atoms with E-state index in [4.69, 9.17) is 0 Å². The van der Waals surface area contributed by atoms with Crippen LogP contribution in [0.4, 0.5) is 0 Å². The Morgan fingerprint density at radius 1 is 0.833 bits per heavy atom. The van der Waals surface area contributed by atoms with Crippen molar-refractivity contribution in [2.45, 2.75) is 26.7 Å². The molecule has 0 heterocycles. The second kappa shape index (κ2) is 25.5. The van der Waals surface area contributed by atoms with Crippen LogP contribution in [0, 0.1) is 6.42 Å². The van der Waals surface area contributed by atoms with Gasteiger partial charge in [0.25, 0.3) is 0 Å². The van der Waals surface area contributed by atoms with E-state index >= 15 is 0 Å². The van der Waals surface area contributed by atoms with Crippen molar-refractivity contribution in [1.29, 1.82) is 0 Å². The summed E-state index contributed by atoms with van der Waals surface area (Å²) in [7, 11) is 1.36. The summed E-state index contributed by atoms with van der Waals surface area (Å²) in [4.78, 5) is 0. The van der Waals surface area contributed by atoms with Crippen LogP contribution in [0.25, 0.3) is 0 Å². The first-order chi connectivity index (χ1) is 8.41. The first-order valence-corrected chi connectivity index (χ1v) is 6.79. The maximum absolute atomic E-state index is 4.53. The molecule has 0 atom stereocenters. The molecule has 0 saturated heterocycles. The minimum atomic E-state index is 0. The molecule has 0 saturated carbocycles. The van der Waals surface area contributed by atoms with E-state index in [2.05, 4.69) is 26.4 Å². The molecule has 0 radical (unpaired) electrons. The van der Waals surface area contributed by atoms with E-state index in [1.807, 2.05) is 60.7 Å². The summed E-state index contributed by atoms with van der Waals surface area (Å²) < 4.78 is 0. The standard InChI is InChI=1S/2C5H5.C5H11.CH3Si.Zr/c2*1-2-4-5-3-1;1-3-5-4-2;1-2;/h2*1-5H;5H,3-4H2,1-2H3;1H,2H2;/q4*-1;+4. The molecule has 0 nitrogen and oxygen atoms in total. The molecule has 0 aromatic heterocycles. The Hall–Kier alpha value is -0.330. The SMILES string of the molecule is CC[CH-]CC.[CH-]=[SiH2].[Zr+4].c1cc[cH-]c1.c1cc[cH-]c1. The zero-order valence-electron chi connectivity index (χ0n) is 11.5. The smallest absolute Gasteiger partial charge is 0.533 e. The third-order valence-corrected chi connectivity index (χ3v) is 1.69. The molecule has 0 bridgehead atoms. The Labute approximate surface area is 135 Å². The van der Waals surface area contributed by atoms with Gasteiger partial charge >= 0.3 is 26.2 Å². The molecule has 2 rings (SSSR count). The van der Waals surface area contributed by atoms with Crippen molar-refractivity contribution < 1.29 is 26.2 Å². The maximum Gasteiger partial charge on any atom is 4.00 e. The fourth-order valence-corrected chi connectivity index (χ4v) is 0.930. The summed E-state index contributed by atoms with van der Waals surface area (Å²) in [6.45, 7) is 4.31. The topological polar surface area (TPSA) is 0 Å². The summed E-state index contributed by atoms with van der Waals surface area (Å²) in [6.07, 6.45) is 9.22. The molecule has 0 amide bonds. The Kier molecular flexibility index (Phi) is 32.3. The van der Waals surface area contributed by atoms with Crippen LogP contribution < -0.4 is 0 Å². The van der Waals surface area contributed by atoms with Crippen LogP contribution in [-0.4, -0.2) is 16.0 Å². The zero-order chi connectivity index (χ0) is 13.2. The first kappa shape index (κ1) is 22.8. The molecule has 2 aromatic rings. The Morgan fingerprint density at radius 2 is 1.11 bits per heavy atom. The van der Waals surface area contributed by atoms with Gasteiger partial charge in [0, 0.05) is 0 Å². The van der Waals surface area contributed by atoms with Gasteiger partial charge in [-0.25, -0.2) is 34.1 Å². The molecular weight excluding hydrogens is 311 g/mol. The molecule has 0 fully saturated rings. The van der Waals surface area contributed by atoms with Crippen LogP contribution in [0.1, 0.15) is 26.7 Å². The molecule has 2 heteroatoms. The number of hydrogen-bond acceptors (Lipinski definition) is 0. The van der Waals surface area contributed by atoms with Crippen molar-refractivity contribution in [2.75, 3.05) is 0 Å². The number of unbranched alkanes of at least 4 members (excludes halogenated alkanes) is 2. The molecule has 0 N–H and O–H groups in total. The second-order valence-electron chi connectivity index (χ2n) is 3.03. The van der Waals surface area contributed by atoms with E-state index in [1.165, 1.54) is 22.7 Å². The summed E-state index contributed by atoms with van der Waals surface area (Å²) in [5.74, 6) is 0. The Balaban J connectivity index is -0.000000171. The van der Waals surface area contributed by atoms with Gasteiger partial charge in [-0.3, -0.25) is 0 Å². The van der Waals surface area contributed by atoms with Gasteiger partial charge in [-0.15, -0.1) is 0 Å². The first-order valence-electron chi connectivity index (χ1n) is 5.97. The van der Waals surface area contributed by atoms with Gasteiger partial charge in [-0.1, -0.05) is 13.8 Å². The molecular formula is C16H24SiZr. The monoisotopic (exact) mass is 334 g/mol. The van der Waals surface area contributed by atoms with Crippen LogP contribution >= 0.6 is 0 Å². The molecule has 96 valence electrons. The van der Waals surface area contributed by atoms with Crippen LogP contribution in [0.15, 0.2) is 60.7 Å². The second-order valence-corrected chi connectivity index (χ2v) is 3.03. The third kappa shape index (κ3) is 24.8. The zero-order valence-corrected chi connectivity index (χ0v) is 15.4. The minimum Gasteiger partial charge on any atom is -0.533 e. The molecule has 2 aromatic carbocycles. The van der Waals surface area contributed by atoms with E-state index < -0.39 is 0 Å². The van der Waals surface area contributed by atoms with Crippen LogP contribution in [0.5, 0.6) is 0 Å². The summed E-state index contributed by atoms with van der Waals surface area (Å²) in [5.41, 5.74) is 0. The average molecular weight is 336 g/mol. The third-order valence-electron chi connectivity index (χ3n) is 1.69. The quantitative estimate of drug-likeness (QED) is 0.579. The van der Waals surface area contributed by atoms with Crippen LogP contribution in [0.3, 0.4) is 0 Å². The average Bonchev–Trinajstić information content (AvgIpc) is 3.11. The normalized spacial score (nSPS) is 7.00. The van der Waals surface area contributed by atoms with Gasteiger partial charge in [-0.05, 0) is 0 Å². The molecule has 0 unspecified atom stereocenters. The fourth-order valence-electron chi connectivity index (χ4n) is 0.930. The van der Waals surface area contributed by atoms with Crippen molar-refractivity contribution in [3.8, 4) is 0 Å². The van der Waals surface area contributed by atoms with Gasteiger partial charge < -0.3 is 12.6 Å². The molecule has 0 aliphatic heterocycles. The Bertz CT molecular complexity index is 198. The van der Waals surface area contributed by atoms with E-state index in [9.17, 15) is 0 Å². The van der Waals surface area contributed by atoms with Crippen molar-refractivity contribution in [3.05, 3.63) is 67.1 Å². The minimum absolute atomic E-state index is 0. The summed E-state index contributed by atoms with van der Waals surface area (Å²) in [6, 6.07) is 20.0. The summed E-state index contributed by atoms with van der Waals surface area (Å²) >= 11 is 0. The Morgan fingerprint density at radius 3 is 1.17 bits per heavy atom. The molecule has 0 aliphatic rings. The van der Waals surface area contributed by atoms with Gasteiger partial charge in [-0.2, -0.15) is 49.2 Å². The summed E-state index contributed by atoms with van der Waals surface area (Å²) in [5, 5.41) is 0. The maximum atomic E-state index is 4.53. The van der Waals surface area contributed by atoms with Gasteiger partial charge in [0.2, 0.25) is 0 Å². The van der Waals surface area contributed by atoms with Gasteiger partial charge in [0.05, 0.1) is 0 Å². The molecule has 0 aliphatic carbocycles. The van der Waals surface area contributed by atoms with Gasteiger partial charge in [0.1, 0.15) is 0 Å². The van der Waals surface area contributed by atoms with E-state index in [0.717, 1.165) is 0 Å². The largest absolute Gasteiger partial charge is 4.00 e. The molecule has 0 spiro atoms. The fraction of sp³-hybridized carbons (Fsp3) is 0.250. The van der Waals surface area contributed by atoms with Crippen molar-refractivity contribution in [2.24, 2.45) is 0 Å². The van der Waals surface area contributed by atoms with Crippen molar-refractivity contribution in [1.82, 2.24) is 0 Å². The van der Waals surface area contributed by atoms with Gasteiger partial charge in [0.15, 0.2) is 0 Å².